The van der Waals surface area contributed by atoms with E-state index in [1.807, 2.05) is 25.1 Å². The highest BCUT2D eigenvalue weighted by Crippen LogP contribution is 2.08. The van der Waals surface area contributed by atoms with Gasteiger partial charge < -0.3 is 20.5 Å². The first-order chi connectivity index (χ1) is 8.15. The predicted octanol–water partition coefficient (Wildman–Crippen LogP) is 1.12. The van der Waals surface area contributed by atoms with Gasteiger partial charge in [0.05, 0.1) is 19.3 Å². The fourth-order valence-corrected chi connectivity index (χ4v) is 1.42. The average Bonchev–Trinajstić information content (AvgIpc) is 2.28. The number of aliphatic hydroxyl groups excluding tert-OH is 1. The Kier molecular flexibility index (Phi) is 5.45. The van der Waals surface area contributed by atoms with Crippen molar-refractivity contribution in [3.05, 3.63) is 29.8 Å². The van der Waals surface area contributed by atoms with Crippen LogP contribution >= 0.6 is 0 Å². The molecule has 94 valence electrons. The average molecular weight is 238 g/mol. The number of urea groups is 1. The normalized spacial score (nSPS) is 11.9. The summed E-state index contributed by atoms with van der Waals surface area (Å²) >= 11 is 0. The zero-order valence-electron chi connectivity index (χ0n) is 10.1. The molecule has 0 bridgehead atoms. The summed E-state index contributed by atoms with van der Waals surface area (Å²) in [5.41, 5.74) is 1.79. The molecule has 0 aromatic heterocycles. The van der Waals surface area contributed by atoms with Gasteiger partial charge >= 0.3 is 6.03 Å². The number of anilines is 1. The molecule has 1 aromatic rings. The number of ether oxygens (including phenoxy) is 1. The van der Waals surface area contributed by atoms with Crippen molar-refractivity contribution in [1.29, 1.82) is 0 Å². The zero-order valence-corrected chi connectivity index (χ0v) is 10.1. The van der Waals surface area contributed by atoms with E-state index >= 15 is 0 Å². The minimum Gasteiger partial charge on any atom is -0.394 e. The number of aryl methyl sites for hydroxylation is 1. The van der Waals surface area contributed by atoms with Crippen LogP contribution in [0, 0.1) is 6.92 Å². The lowest BCUT2D eigenvalue weighted by Gasteiger charge is -2.15. The molecule has 0 saturated carbocycles. The topological polar surface area (TPSA) is 70.6 Å². The van der Waals surface area contributed by atoms with E-state index in [0.717, 1.165) is 11.3 Å². The molecule has 0 aliphatic heterocycles. The van der Waals surface area contributed by atoms with Gasteiger partial charge in [-0.1, -0.05) is 12.1 Å². The van der Waals surface area contributed by atoms with Crippen molar-refractivity contribution in [3.63, 3.8) is 0 Å². The number of carbonyl (C=O) groups excluding carboxylic acids is 1. The second-order valence-corrected chi connectivity index (χ2v) is 3.80. The lowest BCUT2D eigenvalue weighted by molar-refractivity contribution is 0.132. The molecule has 1 rings (SSSR count). The first-order valence-electron chi connectivity index (χ1n) is 5.39. The Morgan fingerprint density at radius 3 is 2.88 bits per heavy atom. The number of amides is 2. The third-order valence-electron chi connectivity index (χ3n) is 2.20. The number of benzene rings is 1. The van der Waals surface area contributed by atoms with E-state index in [1.54, 1.807) is 6.07 Å². The highest BCUT2D eigenvalue weighted by Gasteiger charge is 2.10. The highest BCUT2D eigenvalue weighted by molar-refractivity contribution is 5.89. The molecular weight excluding hydrogens is 220 g/mol. The second-order valence-electron chi connectivity index (χ2n) is 3.80. The van der Waals surface area contributed by atoms with Gasteiger partial charge in [0.1, 0.15) is 0 Å². The number of methoxy groups -OCH3 is 1. The minimum absolute atomic E-state index is 0.158. The summed E-state index contributed by atoms with van der Waals surface area (Å²) in [5, 5.41) is 14.3. The van der Waals surface area contributed by atoms with E-state index in [0.29, 0.717) is 0 Å². The van der Waals surface area contributed by atoms with Gasteiger partial charge in [0.2, 0.25) is 0 Å². The molecule has 1 atom stereocenters. The van der Waals surface area contributed by atoms with Crippen LogP contribution in [0.25, 0.3) is 0 Å². The maximum atomic E-state index is 11.6. The lowest BCUT2D eigenvalue weighted by Crippen LogP contribution is -2.42. The smallest absolute Gasteiger partial charge is 0.319 e. The summed E-state index contributed by atoms with van der Waals surface area (Å²) < 4.78 is 4.86. The molecule has 1 aromatic carbocycles. The number of nitrogens with one attached hydrogen (secondary N) is 2. The fraction of sp³-hybridized carbons (Fsp3) is 0.417. The van der Waals surface area contributed by atoms with E-state index in [-0.39, 0.29) is 19.2 Å². The molecule has 2 amide bonds. The molecule has 3 N–H and O–H groups in total. The van der Waals surface area contributed by atoms with Crippen LogP contribution in [0.1, 0.15) is 5.56 Å². The van der Waals surface area contributed by atoms with Crippen LogP contribution in [0.2, 0.25) is 0 Å². The molecule has 0 spiro atoms. The van der Waals surface area contributed by atoms with Crippen LogP contribution in [-0.2, 0) is 4.74 Å². The van der Waals surface area contributed by atoms with Gasteiger partial charge in [-0.3, -0.25) is 0 Å². The Labute approximate surface area is 101 Å². The van der Waals surface area contributed by atoms with Crippen molar-refractivity contribution in [3.8, 4) is 0 Å². The van der Waals surface area contributed by atoms with Gasteiger partial charge in [0.15, 0.2) is 0 Å². The van der Waals surface area contributed by atoms with Crippen molar-refractivity contribution >= 4 is 11.7 Å². The van der Waals surface area contributed by atoms with Crippen LogP contribution in [0.3, 0.4) is 0 Å². The van der Waals surface area contributed by atoms with Gasteiger partial charge in [-0.05, 0) is 24.6 Å². The van der Waals surface area contributed by atoms with Crippen molar-refractivity contribution in [2.75, 3.05) is 25.6 Å². The van der Waals surface area contributed by atoms with E-state index in [4.69, 9.17) is 9.84 Å². The molecule has 0 fully saturated rings. The predicted molar refractivity (Wildman–Crippen MR) is 66.1 cm³/mol. The molecule has 0 saturated heterocycles. The third kappa shape index (κ3) is 4.84. The minimum atomic E-state index is -0.398. The molecule has 5 heteroatoms. The van der Waals surface area contributed by atoms with Gasteiger partial charge in [0, 0.05) is 12.8 Å². The molecule has 1 unspecified atom stereocenters. The fourth-order valence-electron chi connectivity index (χ4n) is 1.42. The van der Waals surface area contributed by atoms with Crippen LogP contribution in [-0.4, -0.2) is 37.5 Å². The number of carbonyl (C=O) groups is 1. The molecule has 0 aliphatic rings. The first-order valence-corrected chi connectivity index (χ1v) is 5.39. The van der Waals surface area contributed by atoms with Crippen molar-refractivity contribution < 1.29 is 14.6 Å². The molecular formula is C12H18N2O3. The zero-order chi connectivity index (χ0) is 12.7. The maximum Gasteiger partial charge on any atom is 0.319 e. The largest absolute Gasteiger partial charge is 0.394 e. The van der Waals surface area contributed by atoms with Crippen LogP contribution < -0.4 is 10.6 Å². The Hall–Kier alpha value is -1.59. The summed E-state index contributed by atoms with van der Waals surface area (Å²) in [5.74, 6) is 0. The molecule has 5 nitrogen and oxygen atoms in total. The van der Waals surface area contributed by atoms with Gasteiger partial charge in [0.25, 0.3) is 0 Å². The van der Waals surface area contributed by atoms with Crippen LogP contribution in [0.5, 0.6) is 0 Å². The first kappa shape index (κ1) is 13.5. The number of rotatable bonds is 5. The summed E-state index contributed by atoms with van der Waals surface area (Å²) in [7, 11) is 1.52. The monoisotopic (exact) mass is 238 g/mol. The molecule has 0 radical (unpaired) electrons. The third-order valence-corrected chi connectivity index (χ3v) is 2.20. The molecule has 0 heterocycles. The summed E-state index contributed by atoms with van der Waals surface area (Å²) in [6.07, 6.45) is 0. The standard InChI is InChI=1S/C12H18N2O3/c1-9-4-3-5-10(6-9)13-12(16)14-11(7-15)8-17-2/h3-6,11,15H,7-8H2,1-2H3,(H2,13,14,16). The Morgan fingerprint density at radius 2 is 2.29 bits per heavy atom. The number of aliphatic hydroxyl groups is 1. The SMILES string of the molecule is COCC(CO)NC(=O)Nc1cccc(C)c1. The van der Waals surface area contributed by atoms with Crippen LogP contribution in [0.15, 0.2) is 24.3 Å². The lowest BCUT2D eigenvalue weighted by atomic mass is 10.2. The number of hydrogen-bond donors (Lipinski definition) is 3. The van der Waals surface area contributed by atoms with Gasteiger partial charge in [-0.15, -0.1) is 0 Å². The van der Waals surface area contributed by atoms with E-state index in [2.05, 4.69) is 10.6 Å². The maximum absolute atomic E-state index is 11.6. The molecule has 0 aliphatic carbocycles. The summed E-state index contributed by atoms with van der Waals surface area (Å²) in [6, 6.07) is 6.73. The van der Waals surface area contributed by atoms with E-state index in [1.165, 1.54) is 7.11 Å². The highest BCUT2D eigenvalue weighted by atomic mass is 16.5. The Balaban J connectivity index is 2.49. The van der Waals surface area contributed by atoms with Crippen LogP contribution in [0.4, 0.5) is 10.5 Å². The van der Waals surface area contributed by atoms with Crippen molar-refractivity contribution in [2.45, 2.75) is 13.0 Å². The van der Waals surface area contributed by atoms with Crippen molar-refractivity contribution in [2.24, 2.45) is 0 Å². The molecule has 17 heavy (non-hydrogen) atoms. The van der Waals surface area contributed by atoms with Gasteiger partial charge in [-0.25, -0.2) is 4.79 Å². The second kappa shape index (κ2) is 6.88. The Bertz CT molecular complexity index is 369. The van der Waals surface area contributed by atoms with Crippen molar-refractivity contribution in [1.82, 2.24) is 5.32 Å². The summed E-state index contributed by atoms with van der Waals surface area (Å²) in [6.45, 7) is 2.07. The summed E-state index contributed by atoms with van der Waals surface area (Å²) in [4.78, 5) is 11.6. The van der Waals surface area contributed by atoms with E-state index < -0.39 is 6.04 Å². The number of hydrogen-bond acceptors (Lipinski definition) is 3. The van der Waals surface area contributed by atoms with E-state index in [9.17, 15) is 4.79 Å². The Morgan fingerprint density at radius 1 is 1.53 bits per heavy atom. The quantitative estimate of drug-likeness (QED) is 0.720. The van der Waals surface area contributed by atoms with Gasteiger partial charge in [-0.2, -0.15) is 0 Å².